The van der Waals surface area contributed by atoms with Crippen LogP contribution in [0.3, 0.4) is 0 Å². The van der Waals surface area contributed by atoms with Crippen LogP contribution in [0.1, 0.15) is 23.7 Å². The van der Waals surface area contributed by atoms with E-state index in [9.17, 15) is 9.59 Å². The van der Waals surface area contributed by atoms with Gasteiger partial charge in [-0.15, -0.1) is 0 Å². The van der Waals surface area contributed by atoms with Gasteiger partial charge in [0.1, 0.15) is 0 Å². The number of ether oxygens (including phenoxy) is 1. The quantitative estimate of drug-likeness (QED) is 0.929. The maximum atomic E-state index is 12.5. The Kier molecular flexibility index (Phi) is 5.08. The van der Waals surface area contributed by atoms with E-state index in [-0.39, 0.29) is 11.5 Å². The number of rotatable bonds is 3. The highest BCUT2D eigenvalue weighted by Gasteiger charge is 2.22. The summed E-state index contributed by atoms with van der Waals surface area (Å²) >= 11 is 0. The molecule has 0 unspecified atom stereocenters. The minimum atomic E-state index is -0.243. The molecule has 3 rings (SSSR count). The normalized spacial score (nSPS) is 15.6. The first-order chi connectivity index (χ1) is 12.0. The van der Waals surface area contributed by atoms with Crippen LogP contribution in [0.2, 0.25) is 0 Å². The van der Waals surface area contributed by atoms with E-state index in [0.29, 0.717) is 26.2 Å². The first-order valence-corrected chi connectivity index (χ1v) is 8.75. The van der Waals surface area contributed by atoms with Gasteiger partial charge in [0.2, 0.25) is 0 Å². The van der Waals surface area contributed by atoms with Crippen LogP contribution in [0.25, 0.3) is 10.9 Å². The maximum absolute atomic E-state index is 12.5. The Labute approximate surface area is 147 Å². The fourth-order valence-electron chi connectivity index (χ4n) is 3.35. The van der Waals surface area contributed by atoms with Crippen molar-refractivity contribution in [3.05, 3.63) is 45.2 Å². The number of aryl methyl sites for hydroxylation is 2. The molecule has 6 heteroatoms. The predicted molar refractivity (Wildman–Crippen MR) is 97.9 cm³/mol. The van der Waals surface area contributed by atoms with E-state index in [4.69, 9.17) is 4.74 Å². The van der Waals surface area contributed by atoms with Gasteiger partial charge in [-0.25, -0.2) is 4.79 Å². The van der Waals surface area contributed by atoms with Crippen LogP contribution in [0.15, 0.2) is 23.0 Å². The third kappa shape index (κ3) is 3.69. The standard InChI is InChI=1S/C19H25N3O3/c1-4-25-19(24)22-9-7-21(8-10-22)12-15-11-16(23)17-13(2)5-6-14(3)18(17)20-15/h5-6,11H,4,7-10,12H2,1-3H3,(H,20,23). The van der Waals surface area contributed by atoms with E-state index in [0.717, 1.165) is 40.8 Å². The molecule has 134 valence electrons. The number of piperazine rings is 1. The Morgan fingerprint density at radius 2 is 1.84 bits per heavy atom. The zero-order valence-electron chi connectivity index (χ0n) is 15.1. The van der Waals surface area contributed by atoms with Gasteiger partial charge in [-0.3, -0.25) is 9.69 Å². The monoisotopic (exact) mass is 343 g/mol. The van der Waals surface area contributed by atoms with Crippen molar-refractivity contribution in [3.63, 3.8) is 0 Å². The van der Waals surface area contributed by atoms with E-state index < -0.39 is 0 Å². The van der Waals surface area contributed by atoms with Gasteiger partial charge in [0.25, 0.3) is 0 Å². The second-order valence-corrected chi connectivity index (χ2v) is 6.57. The average molecular weight is 343 g/mol. The number of nitrogens with one attached hydrogen (secondary N) is 1. The first-order valence-electron chi connectivity index (χ1n) is 8.75. The van der Waals surface area contributed by atoms with Gasteiger partial charge >= 0.3 is 6.09 Å². The van der Waals surface area contributed by atoms with Crippen LogP contribution in [0, 0.1) is 13.8 Å². The van der Waals surface area contributed by atoms with Gasteiger partial charge < -0.3 is 14.6 Å². The molecule has 0 saturated carbocycles. The molecule has 0 atom stereocenters. The highest BCUT2D eigenvalue weighted by atomic mass is 16.6. The molecular formula is C19H25N3O3. The van der Waals surface area contributed by atoms with E-state index in [1.165, 1.54) is 0 Å². The minimum Gasteiger partial charge on any atom is -0.450 e. The summed E-state index contributed by atoms with van der Waals surface area (Å²) in [6.07, 6.45) is -0.243. The van der Waals surface area contributed by atoms with Crippen molar-refractivity contribution in [3.8, 4) is 0 Å². The summed E-state index contributed by atoms with van der Waals surface area (Å²) in [7, 11) is 0. The average Bonchev–Trinajstić information content (AvgIpc) is 2.59. The molecule has 1 saturated heterocycles. The van der Waals surface area contributed by atoms with E-state index in [2.05, 4.69) is 9.88 Å². The Morgan fingerprint density at radius 3 is 2.52 bits per heavy atom. The number of aromatic amines is 1. The van der Waals surface area contributed by atoms with Crippen molar-refractivity contribution < 1.29 is 9.53 Å². The Balaban J connectivity index is 1.73. The Hall–Kier alpha value is -2.34. The van der Waals surface area contributed by atoms with E-state index in [1.807, 2.05) is 32.9 Å². The number of fused-ring (bicyclic) bond motifs is 1. The van der Waals surface area contributed by atoms with Gasteiger partial charge in [0, 0.05) is 49.9 Å². The molecule has 0 spiro atoms. The van der Waals surface area contributed by atoms with Gasteiger partial charge in [-0.05, 0) is 31.9 Å². The molecule has 1 amide bonds. The largest absolute Gasteiger partial charge is 0.450 e. The van der Waals surface area contributed by atoms with Crippen molar-refractivity contribution >= 4 is 17.0 Å². The highest BCUT2D eigenvalue weighted by Crippen LogP contribution is 2.18. The lowest BCUT2D eigenvalue weighted by molar-refractivity contribution is 0.0775. The zero-order chi connectivity index (χ0) is 18.0. The highest BCUT2D eigenvalue weighted by molar-refractivity contribution is 5.84. The van der Waals surface area contributed by atoms with Crippen LogP contribution in [0.4, 0.5) is 4.79 Å². The summed E-state index contributed by atoms with van der Waals surface area (Å²) in [4.78, 5) is 31.7. The molecule has 1 fully saturated rings. The van der Waals surface area contributed by atoms with Gasteiger partial charge in [-0.1, -0.05) is 12.1 Å². The molecule has 2 aromatic rings. The summed E-state index contributed by atoms with van der Waals surface area (Å²) in [5, 5.41) is 0.774. The lowest BCUT2D eigenvalue weighted by atomic mass is 10.0. The third-order valence-corrected chi connectivity index (χ3v) is 4.75. The van der Waals surface area contributed by atoms with E-state index >= 15 is 0 Å². The minimum absolute atomic E-state index is 0.0649. The number of H-pyrrole nitrogens is 1. The predicted octanol–water partition coefficient (Wildman–Crippen LogP) is 2.42. The first kappa shape index (κ1) is 17.5. The molecule has 2 heterocycles. The van der Waals surface area contributed by atoms with Crippen LogP contribution < -0.4 is 5.43 Å². The topological polar surface area (TPSA) is 65.6 Å². The van der Waals surface area contributed by atoms with Crippen molar-refractivity contribution in [2.75, 3.05) is 32.8 Å². The Morgan fingerprint density at radius 1 is 1.16 bits per heavy atom. The number of aromatic nitrogens is 1. The summed E-state index contributed by atoms with van der Waals surface area (Å²) in [5.74, 6) is 0. The second-order valence-electron chi connectivity index (χ2n) is 6.57. The number of pyridine rings is 1. The SMILES string of the molecule is CCOC(=O)N1CCN(Cc2cc(=O)c3c(C)ccc(C)c3[nH]2)CC1. The fourth-order valence-corrected chi connectivity index (χ4v) is 3.35. The molecule has 1 aromatic heterocycles. The summed E-state index contributed by atoms with van der Waals surface area (Å²) in [6, 6.07) is 5.73. The molecule has 1 aliphatic heterocycles. The van der Waals surface area contributed by atoms with Gasteiger partial charge in [0.15, 0.2) is 5.43 Å². The summed E-state index contributed by atoms with van der Waals surface area (Å²) in [5.41, 5.74) is 3.97. The molecule has 1 N–H and O–H groups in total. The van der Waals surface area contributed by atoms with Gasteiger partial charge in [0.05, 0.1) is 12.1 Å². The molecule has 1 aromatic carbocycles. The second kappa shape index (κ2) is 7.27. The van der Waals surface area contributed by atoms with E-state index in [1.54, 1.807) is 11.0 Å². The summed E-state index contributed by atoms with van der Waals surface area (Å²) < 4.78 is 5.04. The van der Waals surface area contributed by atoms with Gasteiger partial charge in [-0.2, -0.15) is 0 Å². The summed E-state index contributed by atoms with van der Waals surface area (Å²) in [6.45, 7) is 9.70. The number of amides is 1. The number of hydrogen-bond donors (Lipinski definition) is 1. The molecule has 0 bridgehead atoms. The molecule has 25 heavy (non-hydrogen) atoms. The molecule has 0 radical (unpaired) electrons. The number of benzene rings is 1. The smallest absolute Gasteiger partial charge is 0.409 e. The molecule has 1 aliphatic rings. The van der Waals surface area contributed by atoms with Crippen LogP contribution in [0.5, 0.6) is 0 Å². The van der Waals surface area contributed by atoms with Crippen LogP contribution >= 0.6 is 0 Å². The van der Waals surface area contributed by atoms with Crippen molar-refractivity contribution in [2.24, 2.45) is 0 Å². The molecule has 0 aliphatic carbocycles. The molecular weight excluding hydrogens is 318 g/mol. The number of hydrogen-bond acceptors (Lipinski definition) is 4. The van der Waals surface area contributed by atoms with Crippen LogP contribution in [-0.2, 0) is 11.3 Å². The zero-order valence-corrected chi connectivity index (χ0v) is 15.1. The van der Waals surface area contributed by atoms with Crippen molar-refractivity contribution in [1.82, 2.24) is 14.8 Å². The van der Waals surface area contributed by atoms with Crippen molar-refractivity contribution in [2.45, 2.75) is 27.3 Å². The Bertz CT molecular complexity index is 836. The maximum Gasteiger partial charge on any atom is 0.409 e. The number of carbonyl (C=O) groups is 1. The van der Waals surface area contributed by atoms with Crippen LogP contribution in [-0.4, -0.2) is 53.7 Å². The fraction of sp³-hybridized carbons (Fsp3) is 0.474. The lowest BCUT2D eigenvalue weighted by Crippen LogP contribution is -2.48. The number of nitrogens with zero attached hydrogens (tertiary/aromatic N) is 2. The molecule has 6 nitrogen and oxygen atoms in total. The lowest BCUT2D eigenvalue weighted by Gasteiger charge is -2.33. The third-order valence-electron chi connectivity index (χ3n) is 4.75. The van der Waals surface area contributed by atoms with Crippen molar-refractivity contribution in [1.29, 1.82) is 0 Å². The number of carbonyl (C=O) groups excluding carboxylic acids is 1.